The zero-order chi connectivity index (χ0) is 18.1. The van der Waals surface area contributed by atoms with Crippen LogP contribution in [0.2, 0.25) is 0 Å². The van der Waals surface area contributed by atoms with Crippen LogP contribution in [0.5, 0.6) is 0 Å². The quantitative estimate of drug-likeness (QED) is 0.763. The van der Waals surface area contributed by atoms with E-state index in [1.807, 2.05) is 50.2 Å². The van der Waals surface area contributed by atoms with Crippen molar-refractivity contribution in [1.29, 1.82) is 0 Å². The van der Waals surface area contributed by atoms with Gasteiger partial charge in [-0.25, -0.2) is 0 Å². The molecule has 2 aromatic rings. The van der Waals surface area contributed by atoms with Gasteiger partial charge in [-0.3, -0.25) is 9.69 Å². The van der Waals surface area contributed by atoms with Crippen LogP contribution in [0.15, 0.2) is 60.7 Å². The molecular formula is C21H28N2O2. The van der Waals surface area contributed by atoms with Crippen molar-refractivity contribution in [2.75, 3.05) is 19.7 Å². The number of benzene rings is 2. The average Bonchev–Trinajstić information content (AvgIpc) is 2.63. The number of hydrogen-bond acceptors (Lipinski definition) is 3. The normalized spacial score (nSPS) is 12.2. The molecule has 0 bridgehead atoms. The highest BCUT2D eigenvalue weighted by molar-refractivity contribution is 5.78. The summed E-state index contributed by atoms with van der Waals surface area (Å²) in [6.07, 6.45) is 0. The molecule has 4 nitrogen and oxygen atoms in total. The molecule has 0 saturated carbocycles. The Morgan fingerprint density at radius 3 is 1.84 bits per heavy atom. The summed E-state index contributed by atoms with van der Waals surface area (Å²) in [6, 6.07) is 20.2. The Balaban J connectivity index is 2.11. The van der Waals surface area contributed by atoms with Crippen LogP contribution in [-0.2, 0) is 17.9 Å². The van der Waals surface area contributed by atoms with Gasteiger partial charge in [-0.1, -0.05) is 60.7 Å². The molecule has 1 N–H and O–H groups in total. The standard InChI is InChI=1S/C21H28N2O2/c1-3-23(18(2)17-24)21(25)16-22(14-19-10-6-4-7-11-19)15-20-12-8-5-9-13-20/h4-13,18,24H,3,14-17H2,1-2H3/t18-/m0/s1. The molecule has 0 aliphatic heterocycles. The molecule has 0 aliphatic carbocycles. The molecule has 0 spiro atoms. The summed E-state index contributed by atoms with van der Waals surface area (Å²) in [5.74, 6) is 0.0518. The number of hydrogen-bond donors (Lipinski definition) is 1. The molecule has 134 valence electrons. The van der Waals surface area contributed by atoms with E-state index in [1.165, 1.54) is 11.1 Å². The lowest BCUT2D eigenvalue weighted by atomic mass is 10.1. The van der Waals surface area contributed by atoms with Crippen LogP contribution in [0, 0.1) is 0 Å². The molecule has 4 heteroatoms. The number of likely N-dealkylation sites (N-methyl/N-ethyl adjacent to an activating group) is 1. The lowest BCUT2D eigenvalue weighted by Crippen LogP contribution is -2.45. The molecule has 0 saturated heterocycles. The van der Waals surface area contributed by atoms with E-state index in [-0.39, 0.29) is 18.6 Å². The second-order valence-corrected chi connectivity index (χ2v) is 6.33. The minimum atomic E-state index is -0.159. The summed E-state index contributed by atoms with van der Waals surface area (Å²) in [6.45, 7) is 6.17. The predicted octanol–water partition coefficient (Wildman–Crippen LogP) is 2.92. The fraction of sp³-hybridized carbons (Fsp3) is 0.381. The van der Waals surface area contributed by atoms with Gasteiger partial charge in [-0.15, -0.1) is 0 Å². The van der Waals surface area contributed by atoms with Crippen LogP contribution in [0.25, 0.3) is 0 Å². The maximum Gasteiger partial charge on any atom is 0.237 e. The van der Waals surface area contributed by atoms with E-state index in [9.17, 15) is 9.90 Å². The van der Waals surface area contributed by atoms with Gasteiger partial charge in [0.05, 0.1) is 19.2 Å². The number of carbonyl (C=O) groups excluding carboxylic acids is 1. The van der Waals surface area contributed by atoms with Gasteiger partial charge in [-0.2, -0.15) is 0 Å². The van der Waals surface area contributed by atoms with E-state index in [0.29, 0.717) is 26.2 Å². The number of amides is 1. The second kappa shape index (κ2) is 9.97. The van der Waals surface area contributed by atoms with Crippen LogP contribution in [0.1, 0.15) is 25.0 Å². The minimum Gasteiger partial charge on any atom is -0.394 e. The first-order valence-electron chi connectivity index (χ1n) is 8.84. The Morgan fingerprint density at radius 2 is 1.44 bits per heavy atom. The van der Waals surface area contributed by atoms with Crippen LogP contribution in [0.3, 0.4) is 0 Å². The highest BCUT2D eigenvalue weighted by Crippen LogP contribution is 2.11. The van der Waals surface area contributed by atoms with Crippen LogP contribution in [0.4, 0.5) is 0 Å². The van der Waals surface area contributed by atoms with Gasteiger partial charge >= 0.3 is 0 Å². The molecule has 0 heterocycles. The van der Waals surface area contributed by atoms with Crippen molar-refractivity contribution in [3.8, 4) is 0 Å². The van der Waals surface area contributed by atoms with E-state index in [4.69, 9.17) is 0 Å². The Hall–Kier alpha value is -2.17. The third-order valence-corrected chi connectivity index (χ3v) is 4.31. The lowest BCUT2D eigenvalue weighted by Gasteiger charge is -2.30. The molecule has 1 atom stereocenters. The summed E-state index contributed by atoms with van der Waals surface area (Å²) >= 11 is 0. The Kier molecular flexibility index (Phi) is 7.64. The lowest BCUT2D eigenvalue weighted by molar-refractivity contribution is -0.135. The number of rotatable bonds is 9. The number of aliphatic hydroxyl groups excluding tert-OH is 1. The van der Waals surface area contributed by atoms with Gasteiger partial charge in [0.15, 0.2) is 0 Å². The van der Waals surface area contributed by atoms with Crippen molar-refractivity contribution in [1.82, 2.24) is 9.80 Å². The van der Waals surface area contributed by atoms with E-state index < -0.39 is 0 Å². The Labute approximate surface area is 150 Å². The third-order valence-electron chi connectivity index (χ3n) is 4.31. The zero-order valence-electron chi connectivity index (χ0n) is 15.1. The zero-order valence-corrected chi connectivity index (χ0v) is 15.1. The summed E-state index contributed by atoms with van der Waals surface area (Å²) < 4.78 is 0. The van der Waals surface area contributed by atoms with Crippen LogP contribution in [-0.4, -0.2) is 46.6 Å². The maximum absolute atomic E-state index is 12.7. The van der Waals surface area contributed by atoms with E-state index in [2.05, 4.69) is 29.2 Å². The SMILES string of the molecule is CCN(C(=O)CN(Cc1ccccc1)Cc1ccccc1)[C@@H](C)CO. The van der Waals surface area contributed by atoms with E-state index in [0.717, 1.165) is 0 Å². The van der Waals surface area contributed by atoms with Crippen molar-refractivity contribution in [2.45, 2.75) is 33.0 Å². The largest absolute Gasteiger partial charge is 0.394 e. The van der Waals surface area contributed by atoms with Crippen molar-refractivity contribution < 1.29 is 9.90 Å². The molecular weight excluding hydrogens is 312 g/mol. The van der Waals surface area contributed by atoms with Gasteiger partial charge in [-0.05, 0) is 25.0 Å². The monoisotopic (exact) mass is 340 g/mol. The van der Waals surface area contributed by atoms with E-state index in [1.54, 1.807) is 4.90 Å². The van der Waals surface area contributed by atoms with Gasteiger partial charge < -0.3 is 10.0 Å². The molecule has 0 fully saturated rings. The van der Waals surface area contributed by atoms with Crippen molar-refractivity contribution in [3.05, 3.63) is 71.8 Å². The summed E-state index contributed by atoms with van der Waals surface area (Å²) in [5.41, 5.74) is 2.37. The van der Waals surface area contributed by atoms with Gasteiger partial charge in [0.2, 0.25) is 5.91 Å². The summed E-state index contributed by atoms with van der Waals surface area (Å²) in [7, 11) is 0. The molecule has 25 heavy (non-hydrogen) atoms. The average molecular weight is 340 g/mol. The van der Waals surface area contributed by atoms with E-state index >= 15 is 0 Å². The first kappa shape index (κ1) is 19.2. The fourth-order valence-electron chi connectivity index (χ4n) is 2.97. The molecule has 2 rings (SSSR count). The van der Waals surface area contributed by atoms with Crippen molar-refractivity contribution in [3.63, 3.8) is 0 Å². The molecule has 0 radical (unpaired) electrons. The first-order chi connectivity index (χ1) is 12.1. The molecule has 0 aliphatic rings. The molecule has 1 amide bonds. The van der Waals surface area contributed by atoms with Crippen LogP contribution >= 0.6 is 0 Å². The van der Waals surface area contributed by atoms with Gasteiger partial charge in [0.1, 0.15) is 0 Å². The highest BCUT2D eigenvalue weighted by atomic mass is 16.3. The molecule has 2 aromatic carbocycles. The first-order valence-corrected chi connectivity index (χ1v) is 8.84. The van der Waals surface area contributed by atoms with Gasteiger partial charge in [0, 0.05) is 19.6 Å². The number of nitrogens with zero attached hydrogens (tertiary/aromatic N) is 2. The Morgan fingerprint density at radius 1 is 0.960 bits per heavy atom. The molecule has 0 unspecified atom stereocenters. The minimum absolute atomic E-state index is 0.0169. The van der Waals surface area contributed by atoms with Crippen LogP contribution < -0.4 is 0 Å². The Bertz CT molecular complexity index is 589. The van der Waals surface area contributed by atoms with Crippen molar-refractivity contribution >= 4 is 5.91 Å². The van der Waals surface area contributed by atoms with Gasteiger partial charge in [0.25, 0.3) is 0 Å². The number of aliphatic hydroxyl groups is 1. The maximum atomic E-state index is 12.7. The second-order valence-electron chi connectivity index (χ2n) is 6.33. The highest BCUT2D eigenvalue weighted by Gasteiger charge is 2.20. The topological polar surface area (TPSA) is 43.8 Å². The fourth-order valence-corrected chi connectivity index (χ4v) is 2.97. The molecule has 0 aromatic heterocycles. The predicted molar refractivity (Wildman–Crippen MR) is 101 cm³/mol. The smallest absolute Gasteiger partial charge is 0.237 e. The number of carbonyl (C=O) groups is 1. The summed E-state index contributed by atoms with van der Waals surface area (Å²) in [5, 5.41) is 9.38. The van der Waals surface area contributed by atoms with Crippen molar-refractivity contribution in [2.24, 2.45) is 0 Å². The third kappa shape index (κ3) is 6.00. The summed E-state index contributed by atoms with van der Waals surface area (Å²) in [4.78, 5) is 16.6.